The van der Waals surface area contributed by atoms with Crippen molar-refractivity contribution in [2.75, 3.05) is 50.7 Å². The summed E-state index contributed by atoms with van der Waals surface area (Å²) in [6, 6.07) is 18.5. The zero-order valence-corrected chi connectivity index (χ0v) is 19.7. The molecule has 2 aliphatic heterocycles. The van der Waals surface area contributed by atoms with Gasteiger partial charge in [-0.3, -0.25) is 9.69 Å². The summed E-state index contributed by atoms with van der Waals surface area (Å²) in [5.41, 5.74) is 3.23. The van der Waals surface area contributed by atoms with E-state index in [1.807, 2.05) is 29.2 Å². The SMILES string of the molecule is CC(=O)c1ccc(N2CCN(C(=O)NCCC3CCN(Cc4ccccc4)CC3)CC2)cc1. The van der Waals surface area contributed by atoms with Crippen LogP contribution in [0, 0.1) is 5.92 Å². The third kappa shape index (κ3) is 6.57. The van der Waals surface area contributed by atoms with Crippen molar-refractivity contribution in [3.05, 3.63) is 65.7 Å². The van der Waals surface area contributed by atoms with Crippen molar-refractivity contribution >= 4 is 17.5 Å². The predicted molar refractivity (Wildman–Crippen MR) is 133 cm³/mol. The fourth-order valence-corrected chi connectivity index (χ4v) is 4.84. The minimum atomic E-state index is 0.0584. The Morgan fingerprint density at radius 3 is 2.18 bits per heavy atom. The normalized spacial score (nSPS) is 17.7. The maximum absolute atomic E-state index is 12.6. The van der Waals surface area contributed by atoms with Gasteiger partial charge >= 0.3 is 6.03 Å². The summed E-state index contributed by atoms with van der Waals surface area (Å²) in [7, 11) is 0. The monoisotopic (exact) mass is 448 g/mol. The quantitative estimate of drug-likeness (QED) is 0.650. The number of likely N-dealkylation sites (tertiary alicyclic amines) is 1. The van der Waals surface area contributed by atoms with Crippen molar-refractivity contribution in [1.82, 2.24) is 15.1 Å². The van der Waals surface area contributed by atoms with Crippen LogP contribution in [0.1, 0.15) is 42.1 Å². The lowest BCUT2D eigenvalue weighted by Crippen LogP contribution is -2.52. The highest BCUT2D eigenvalue weighted by Gasteiger charge is 2.22. The number of ketones is 1. The van der Waals surface area contributed by atoms with Crippen LogP contribution in [0.15, 0.2) is 54.6 Å². The van der Waals surface area contributed by atoms with E-state index in [1.54, 1.807) is 6.92 Å². The van der Waals surface area contributed by atoms with E-state index < -0.39 is 0 Å². The van der Waals surface area contributed by atoms with Crippen molar-refractivity contribution in [1.29, 1.82) is 0 Å². The lowest BCUT2D eigenvalue weighted by molar-refractivity contribution is 0.101. The molecule has 176 valence electrons. The molecule has 2 aliphatic rings. The second kappa shape index (κ2) is 11.3. The summed E-state index contributed by atoms with van der Waals surface area (Å²) >= 11 is 0. The highest BCUT2D eigenvalue weighted by molar-refractivity contribution is 5.94. The highest BCUT2D eigenvalue weighted by Crippen LogP contribution is 2.22. The van der Waals surface area contributed by atoms with Gasteiger partial charge in [0, 0.05) is 50.5 Å². The van der Waals surface area contributed by atoms with E-state index in [0.29, 0.717) is 5.92 Å². The number of nitrogens with one attached hydrogen (secondary N) is 1. The molecule has 4 rings (SSSR count). The minimum Gasteiger partial charge on any atom is -0.368 e. The number of carbonyl (C=O) groups excluding carboxylic acids is 2. The Labute approximate surface area is 197 Å². The Balaban J connectivity index is 1.12. The Morgan fingerprint density at radius 1 is 0.879 bits per heavy atom. The molecule has 33 heavy (non-hydrogen) atoms. The number of rotatable bonds is 7. The van der Waals surface area contributed by atoms with Gasteiger partial charge in [-0.25, -0.2) is 4.79 Å². The zero-order chi connectivity index (χ0) is 23.0. The first-order valence-corrected chi connectivity index (χ1v) is 12.2. The van der Waals surface area contributed by atoms with Crippen LogP contribution in [0.25, 0.3) is 0 Å². The van der Waals surface area contributed by atoms with Crippen molar-refractivity contribution in [2.45, 2.75) is 32.7 Å². The zero-order valence-electron chi connectivity index (χ0n) is 19.7. The molecule has 2 saturated heterocycles. The Hall–Kier alpha value is -2.86. The summed E-state index contributed by atoms with van der Waals surface area (Å²) < 4.78 is 0. The summed E-state index contributed by atoms with van der Waals surface area (Å²) in [6.45, 7) is 8.73. The van der Waals surface area contributed by atoms with Gasteiger partial charge in [-0.05, 0) is 75.0 Å². The van der Waals surface area contributed by atoms with Gasteiger partial charge in [0.05, 0.1) is 0 Å². The van der Waals surface area contributed by atoms with Crippen molar-refractivity contribution in [3.63, 3.8) is 0 Å². The average molecular weight is 449 g/mol. The number of anilines is 1. The van der Waals surface area contributed by atoms with Crippen LogP contribution in [0.3, 0.4) is 0 Å². The van der Waals surface area contributed by atoms with E-state index in [4.69, 9.17) is 0 Å². The number of hydrogen-bond acceptors (Lipinski definition) is 4. The molecular formula is C27H36N4O2. The van der Waals surface area contributed by atoms with Crippen molar-refractivity contribution in [3.8, 4) is 0 Å². The smallest absolute Gasteiger partial charge is 0.317 e. The van der Waals surface area contributed by atoms with Crippen LogP contribution in [0.2, 0.25) is 0 Å². The molecule has 2 heterocycles. The number of carbonyl (C=O) groups is 2. The predicted octanol–water partition coefficient (Wildman–Crippen LogP) is 4.02. The van der Waals surface area contributed by atoms with Crippen molar-refractivity contribution in [2.24, 2.45) is 5.92 Å². The minimum absolute atomic E-state index is 0.0584. The van der Waals surface area contributed by atoms with Gasteiger partial charge in [-0.15, -0.1) is 0 Å². The first kappa shape index (κ1) is 23.3. The van der Waals surface area contributed by atoms with Crippen LogP contribution >= 0.6 is 0 Å². The molecule has 6 heteroatoms. The molecule has 0 saturated carbocycles. The van der Waals surface area contributed by atoms with E-state index in [1.165, 1.54) is 18.4 Å². The summed E-state index contributed by atoms with van der Waals surface area (Å²) in [4.78, 5) is 30.8. The average Bonchev–Trinajstić information content (AvgIpc) is 2.86. The fourth-order valence-electron chi connectivity index (χ4n) is 4.84. The number of piperazine rings is 1. The lowest BCUT2D eigenvalue weighted by Gasteiger charge is -2.36. The fraction of sp³-hybridized carbons (Fsp3) is 0.481. The first-order chi connectivity index (χ1) is 16.1. The lowest BCUT2D eigenvalue weighted by atomic mass is 9.93. The molecule has 0 bridgehead atoms. The molecule has 1 N–H and O–H groups in total. The summed E-state index contributed by atoms with van der Waals surface area (Å²) in [6.07, 6.45) is 3.49. The molecule has 0 spiro atoms. The van der Waals surface area contributed by atoms with Gasteiger partial charge in [-0.1, -0.05) is 30.3 Å². The molecule has 0 aromatic heterocycles. The Kier molecular flexibility index (Phi) is 8.00. The number of amides is 2. The molecule has 6 nitrogen and oxygen atoms in total. The van der Waals surface area contributed by atoms with E-state index in [-0.39, 0.29) is 11.8 Å². The molecule has 0 radical (unpaired) electrons. The maximum Gasteiger partial charge on any atom is 0.317 e. The molecular weight excluding hydrogens is 412 g/mol. The Morgan fingerprint density at radius 2 is 1.55 bits per heavy atom. The first-order valence-electron chi connectivity index (χ1n) is 12.2. The third-order valence-electron chi connectivity index (χ3n) is 6.99. The number of hydrogen-bond donors (Lipinski definition) is 1. The molecule has 0 unspecified atom stereocenters. The number of Topliss-reactive ketones (excluding diaryl/α,β-unsaturated/α-hetero) is 1. The van der Waals surface area contributed by atoms with Gasteiger partial charge in [0.1, 0.15) is 0 Å². The molecule has 0 atom stereocenters. The second-order valence-electron chi connectivity index (χ2n) is 9.30. The standard InChI is InChI=1S/C27H36N4O2/c1-22(32)25-7-9-26(10-8-25)30-17-19-31(20-18-30)27(33)28-14-11-23-12-15-29(16-13-23)21-24-5-3-2-4-6-24/h2-10,23H,11-21H2,1H3,(H,28,33). The summed E-state index contributed by atoms with van der Waals surface area (Å²) in [5.74, 6) is 0.785. The number of nitrogens with zero attached hydrogens (tertiary/aromatic N) is 3. The maximum atomic E-state index is 12.6. The number of urea groups is 1. The van der Waals surface area contributed by atoms with Crippen molar-refractivity contribution < 1.29 is 9.59 Å². The van der Waals surface area contributed by atoms with E-state index >= 15 is 0 Å². The van der Waals surface area contributed by atoms with Crippen LogP contribution in [-0.4, -0.2) is 67.4 Å². The van der Waals surface area contributed by atoms with Crippen LogP contribution < -0.4 is 10.2 Å². The van der Waals surface area contributed by atoms with E-state index in [9.17, 15) is 9.59 Å². The second-order valence-corrected chi connectivity index (χ2v) is 9.30. The Bertz CT molecular complexity index is 899. The summed E-state index contributed by atoms with van der Waals surface area (Å²) in [5, 5.41) is 3.14. The van der Waals surface area contributed by atoms with Crippen LogP contribution in [0.5, 0.6) is 0 Å². The van der Waals surface area contributed by atoms with Gasteiger partial charge in [0.15, 0.2) is 5.78 Å². The molecule has 0 aliphatic carbocycles. The van der Waals surface area contributed by atoms with Gasteiger partial charge in [-0.2, -0.15) is 0 Å². The molecule has 2 aromatic carbocycles. The third-order valence-corrected chi connectivity index (χ3v) is 6.99. The van der Waals surface area contributed by atoms with Gasteiger partial charge < -0.3 is 15.1 Å². The van der Waals surface area contributed by atoms with Gasteiger partial charge in [0.25, 0.3) is 0 Å². The topological polar surface area (TPSA) is 55.9 Å². The van der Waals surface area contributed by atoms with E-state index in [0.717, 1.165) is 70.0 Å². The highest BCUT2D eigenvalue weighted by atomic mass is 16.2. The van der Waals surface area contributed by atoms with Crippen LogP contribution in [-0.2, 0) is 6.54 Å². The molecule has 2 fully saturated rings. The van der Waals surface area contributed by atoms with Crippen LogP contribution in [0.4, 0.5) is 10.5 Å². The molecule has 2 aromatic rings. The largest absolute Gasteiger partial charge is 0.368 e. The number of piperidine rings is 1. The van der Waals surface area contributed by atoms with Gasteiger partial charge in [0.2, 0.25) is 0 Å². The molecule has 2 amide bonds. The van der Waals surface area contributed by atoms with E-state index in [2.05, 4.69) is 45.4 Å². The number of benzene rings is 2.